The molecule has 0 saturated heterocycles. The predicted molar refractivity (Wildman–Crippen MR) is 139 cm³/mol. The number of ether oxygens (including phenoxy) is 1. The normalized spacial score (nSPS) is 13.1. The molecular formula is C29H29NO5S. The van der Waals surface area contributed by atoms with E-state index in [1.165, 1.54) is 0 Å². The molecule has 0 saturated carbocycles. The van der Waals surface area contributed by atoms with Crippen LogP contribution in [0.15, 0.2) is 105 Å². The van der Waals surface area contributed by atoms with Crippen LogP contribution in [0.5, 0.6) is 0 Å². The Morgan fingerprint density at radius 3 is 2.25 bits per heavy atom. The first-order valence-electron chi connectivity index (χ1n) is 11.9. The van der Waals surface area contributed by atoms with Crippen molar-refractivity contribution in [3.05, 3.63) is 108 Å². The summed E-state index contributed by atoms with van der Waals surface area (Å²) in [6.45, 7) is 4.16. The summed E-state index contributed by atoms with van der Waals surface area (Å²) in [5, 5.41) is 1.48. The lowest BCUT2D eigenvalue weighted by Gasteiger charge is -2.14. The first kappa shape index (κ1) is 25.4. The highest BCUT2D eigenvalue weighted by Crippen LogP contribution is 2.19. The van der Waals surface area contributed by atoms with Crippen LogP contribution in [-0.2, 0) is 31.7 Å². The van der Waals surface area contributed by atoms with Crippen LogP contribution in [-0.4, -0.2) is 20.4 Å². The van der Waals surface area contributed by atoms with Gasteiger partial charge in [-0.1, -0.05) is 80.6 Å². The van der Waals surface area contributed by atoms with E-state index in [2.05, 4.69) is 4.99 Å². The molecule has 3 aromatic carbocycles. The SMILES string of the molecule is CC(C)C[C@H](N=c1oc(CS(=O)(=O)c2ccccc2)cc2ccccc12)C(=O)OCc1ccccc1. The fourth-order valence-corrected chi connectivity index (χ4v) is 5.14. The lowest BCUT2D eigenvalue weighted by Crippen LogP contribution is -2.26. The topological polar surface area (TPSA) is 85.9 Å². The van der Waals surface area contributed by atoms with Gasteiger partial charge in [-0.3, -0.25) is 0 Å². The molecule has 0 aliphatic rings. The molecule has 0 aliphatic carbocycles. The maximum absolute atomic E-state index is 13.0. The molecule has 0 aliphatic heterocycles. The number of carbonyl (C=O) groups excluding carboxylic acids is 1. The lowest BCUT2D eigenvalue weighted by molar-refractivity contribution is -0.147. The van der Waals surface area contributed by atoms with Crippen molar-refractivity contribution in [2.24, 2.45) is 10.9 Å². The molecule has 0 bridgehead atoms. The summed E-state index contributed by atoms with van der Waals surface area (Å²) < 4.78 is 37.6. The fourth-order valence-electron chi connectivity index (χ4n) is 3.88. The maximum atomic E-state index is 13.0. The van der Waals surface area contributed by atoms with Gasteiger partial charge in [0.25, 0.3) is 0 Å². The van der Waals surface area contributed by atoms with Gasteiger partial charge in [-0.05, 0) is 47.6 Å². The van der Waals surface area contributed by atoms with Gasteiger partial charge in [0.1, 0.15) is 18.1 Å². The maximum Gasteiger partial charge on any atom is 0.331 e. The molecule has 0 unspecified atom stereocenters. The zero-order valence-corrected chi connectivity index (χ0v) is 21.1. The molecule has 0 fully saturated rings. The number of benzene rings is 3. The third kappa shape index (κ3) is 6.49. The van der Waals surface area contributed by atoms with E-state index in [4.69, 9.17) is 9.15 Å². The first-order chi connectivity index (χ1) is 17.3. The van der Waals surface area contributed by atoms with Gasteiger partial charge < -0.3 is 9.15 Å². The molecule has 0 N–H and O–H groups in total. The Balaban J connectivity index is 1.71. The minimum atomic E-state index is -3.63. The van der Waals surface area contributed by atoms with Crippen LogP contribution >= 0.6 is 0 Å². The predicted octanol–water partition coefficient (Wildman–Crippen LogP) is 5.47. The molecule has 1 heterocycles. The number of hydrogen-bond acceptors (Lipinski definition) is 6. The van der Waals surface area contributed by atoms with E-state index >= 15 is 0 Å². The van der Waals surface area contributed by atoms with E-state index < -0.39 is 21.8 Å². The molecule has 6 nitrogen and oxygen atoms in total. The zero-order valence-electron chi connectivity index (χ0n) is 20.3. The van der Waals surface area contributed by atoms with Crippen molar-refractivity contribution in [1.29, 1.82) is 0 Å². The minimum Gasteiger partial charge on any atom is -0.459 e. The number of fused-ring (bicyclic) bond motifs is 1. The largest absolute Gasteiger partial charge is 0.459 e. The van der Waals surface area contributed by atoms with Crippen molar-refractivity contribution in [1.82, 2.24) is 0 Å². The Morgan fingerprint density at radius 2 is 1.56 bits per heavy atom. The second kappa shape index (κ2) is 11.4. The molecule has 4 rings (SSSR count). The first-order valence-corrected chi connectivity index (χ1v) is 13.5. The molecule has 4 aromatic rings. The van der Waals surface area contributed by atoms with Crippen LogP contribution in [0.4, 0.5) is 0 Å². The van der Waals surface area contributed by atoms with E-state index in [9.17, 15) is 13.2 Å². The van der Waals surface area contributed by atoms with Crippen molar-refractivity contribution >= 4 is 26.6 Å². The standard InChI is InChI=1S/C29H29NO5S/c1-21(2)17-27(29(31)34-19-22-11-5-3-6-12-22)30-28-26-16-10-9-13-23(26)18-24(35-28)20-36(32,33)25-14-7-4-8-15-25/h3-16,18,21,27H,17,19-20H2,1-2H3/t27-/m0/s1. The van der Waals surface area contributed by atoms with Crippen LogP contribution in [0.25, 0.3) is 10.8 Å². The van der Waals surface area contributed by atoms with E-state index in [1.807, 2.05) is 68.4 Å². The van der Waals surface area contributed by atoms with E-state index in [-0.39, 0.29) is 34.5 Å². The number of carbonyl (C=O) groups is 1. The Kier molecular flexibility index (Phi) is 8.00. The van der Waals surface area contributed by atoms with E-state index in [1.54, 1.807) is 36.4 Å². The monoisotopic (exact) mass is 503 g/mol. The molecule has 0 amide bonds. The van der Waals surface area contributed by atoms with E-state index in [0.717, 1.165) is 10.9 Å². The van der Waals surface area contributed by atoms with Crippen molar-refractivity contribution in [2.45, 2.75) is 43.6 Å². The van der Waals surface area contributed by atoms with Gasteiger partial charge in [0, 0.05) is 5.39 Å². The van der Waals surface area contributed by atoms with Gasteiger partial charge in [0.15, 0.2) is 15.9 Å². The van der Waals surface area contributed by atoms with Crippen LogP contribution < -0.4 is 5.55 Å². The molecule has 36 heavy (non-hydrogen) atoms. The highest BCUT2D eigenvalue weighted by atomic mass is 32.2. The lowest BCUT2D eigenvalue weighted by atomic mass is 10.0. The molecule has 1 atom stereocenters. The third-order valence-electron chi connectivity index (χ3n) is 5.63. The van der Waals surface area contributed by atoms with Gasteiger partial charge in [0.05, 0.1) is 4.90 Å². The molecule has 1 aromatic heterocycles. The summed E-state index contributed by atoms with van der Waals surface area (Å²) in [7, 11) is -3.63. The van der Waals surface area contributed by atoms with Gasteiger partial charge in [-0.15, -0.1) is 0 Å². The van der Waals surface area contributed by atoms with Crippen molar-refractivity contribution in [2.75, 3.05) is 0 Å². The van der Waals surface area contributed by atoms with Gasteiger partial charge in [0.2, 0.25) is 5.55 Å². The summed E-state index contributed by atoms with van der Waals surface area (Å²) in [6.07, 6.45) is 0.462. The van der Waals surface area contributed by atoms with Crippen LogP contribution in [0.1, 0.15) is 31.6 Å². The van der Waals surface area contributed by atoms with Crippen molar-refractivity contribution in [3.8, 4) is 0 Å². The molecule has 0 spiro atoms. The Labute approximate surface area is 211 Å². The third-order valence-corrected chi connectivity index (χ3v) is 7.29. The summed E-state index contributed by atoms with van der Waals surface area (Å²) >= 11 is 0. The summed E-state index contributed by atoms with van der Waals surface area (Å²) in [5.41, 5.74) is 1.10. The molecular weight excluding hydrogens is 474 g/mol. The zero-order chi connectivity index (χ0) is 25.5. The second-order valence-corrected chi connectivity index (χ2v) is 11.0. The van der Waals surface area contributed by atoms with Crippen LogP contribution in [0.2, 0.25) is 0 Å². The number of esters is 1. The minimum absolute atomic E-state index is 0.150. The van der Waals surface area contributed by atoms with Gasteiger partial charge >= 0.3 is 5.97 Å². The molecule has 0 radical (unpaired) electrons. The number of rotatable bonds is 9. The molecule has 186 valence electrons. The second-order valence-electron chi connectivity index (χ2n) is 9.05. The van der Waals surface area contributed by atoms with Crippen LogP contribution in [0, 0.1) is 5.92 Å². The highest BCUT2D eigenvalue weighted by molar-refractivity contribution is 7.90. The number of hydrogen-bond donors (Lipinski definition) is 0. The average Bonchev–Trinajstić information content (AvgIpc) is 2.87. The van der Waals surface area contributed by atoms with Crippen LogP contribution in [0.3, 0.4) is 0 Å². The molecule has 7 heteroatoms. The number of nitrogens with zero attached hydrogens (tertiary/aromatic N) is 1. The Hall–Kier alpha value is -3.71. The van der Waals surface area contributed by atoms with E-state index in [0.29, 0.717) is 11.8 Å². The Bertz CT molecular complexity index is 1490. The summed E-state index contributed by atoms with van der Waals surface area (Å²) in [5.74, 6) is -0.347. The quantitative estimate of drug-likeness (QED) is 0.283. The van der Waals surface area contributed by atoms with Crippen molar-refractivity contribution in [3.63, 3.8) is 0 Å². The fraction of sp³-hybridized carbons (Fsp3) is 0.241. The Morgan fingerprint density at radius 1 is 0.917 bits per heavy atom. The van der Waals surface area contributed by atoms with Crippen molar-refractivity contribution < 1.29 is 22.4 Å². The van der Waals surface area contributed by atoms with Gasteiger partial charge in [-0.25, -0.2) is 18.2 Å². The summed E-state index contributed by atoms with van der Waals surface area (Å²) in [4.78, 5) is 17.9. The summed E-state index contributed by atoms with van der Waals surface area (Å²) in [6, 6.07) is 26.1. The average molecular weight is 504 g/mol. The van der Waals surface area contributed by atoms with Gasteiger partial charge in [-0.2, -0.15) is 0 Å². The number of sulfone groups is 1. The smallest absolute Gasteiger partial charge is 0.331 e. The highest BCUT2D eigenvalue weighted by Gasteiger charge is 2.22.